The average molecular weight is 86.2 g/mol. The first kappa shape index (κ1) is 9.14. The molecule has 4 heavy (non-hydrogen) atoms. The van der Waals surface area contributed by atoms with E-state index in [0.29, 0.717) is 0 Å². The van der Waals surface area contributed by atoms with Crippen LogP contribution in [0.15, 0.2) is 0 Å². The molecule has 0 fully saturated rings. The van der Waals surface area contributed by atoms with Crippen molar-refractivity contribution in [2.75, 3.05) is 6.61 Å². The maximum Gasteiger partial charge on any atom is 1.00 e. The molecule has 0 aromatic heterocycles. The van der Waals surface area contributed by atoms with Gasteiger partial charge in [0.1, 0.15) is 0 Å². The smallest absolute Gasteiger partial charge is 1.00 e. The Bertz CT molecular complexity index is 9.61. The Balaban J connectivity index is -0.0000000200. The summed E-state index contributed by atoms with van der Waals surface area (Å²) < 4.78 is 0. The Labute approximate surface area is 70.3 Å². The summed E-state index contributed by atoms with van der Waals surface area (Å²) in [7, 11) is 0. The first-order chi connectivity index (χ1) is 1.41. The molecule has 1 N–H and O–H groups in total. The minimum Gasteiger partial charge on any atom is -1.00 e. The fraction of sp³-hybridized carbons (Fsp3) is 1.00. The molecular weight excluding hydrogens is 79.1 g/mol. The molecule has 0 spiro atoms. The van der Waals surface area contributed by atoms with Gasteiger partial charge in [-0.3, -0.25) is 0 Å². The van der Waals surface area contributed by atoms with E-state index in [1.807, 2.05) is 0 Å². The van der Waals surface area contributed by atoms with Crippen molar-refractivity contribution in [3.05, 3.63) is 0 Å². The molecule has 0 aromatic rings. The molecule has 0 aliphatic heterocycles. The summed E-state index contributed by atoms with van der Waals surface area (Å²) in [4.78, 5) is 0. The molecule has 0 aromatic carbocycles. The second-order valence-electron chi connectivity index (χ2n) is 0.316. The Morgan fingerprint density at radius 3 is 2.00 bits per heavy atom. The van der Waals surface area contributed by atoms with Crippen molar-refractivity contribution < 1.29 is 57.9 Å². The van der Waals surface area contributed by atoms with Crippen LogP contribution in [0.4, 0.5) is 0 Å². The fourth-order valence-electron chi connectivity index (χ4n) is 0. The summed E-state index contributed by atoms with van der Waals surface area (Å²) in [6.45, 7) is 1.93. The summed E-state index contributed by atoms with van der Waals surface area (Å²) in [5.74, 6) is 0. The van der Waals surface area contributed by atoms with Crippen molar-refractivity contribution in [1.29, 1.82) is 0 Å². The van der Waals surface area contributed by atoms with Crippen molar-refractivity contribution in [2.45, 2.75) is 6.92 Å². The summed E-state index contributed by atoms with van der Waals surface area (Å²) in [6, 6.07) is 0. The Morgan fingerprint density at radius 1 is 2.00 bits per heavy atom. The van der Waals surface area contributed by atoms with Gasteiger partial charge in [-0.25, -0.2) is 0 Å². The zero-order chi connectivity index (χ0) is 2.71. The normalized spacial score (nSPS) is 4.50. The molecule has 0 unspecified atom stereocenters. The van der Waals surface area contributed by atoms with Crippen molar-refractivity contribution in [2.24, 2.45) is 0 Å². The van der Waals surface area contributed by atoms with Gasteiger partial charge in [0.25, 0.3) is 0 Å². The van der Waals surface area contributed by atoms with Crippen LogP contribution in [0, 0.1) is 0 Å². The Morgan fingerprint density at radius 2 is 2.00 bits per heavy atom. The van der Waals surface area contributed by atoms with Gasteiger partial charge >= 0.3 is 51.4 Å². The predicted octanol–water partition coefficient (Wildman–Crippen LogP) is -2.88. The minimum atomic E-state index is 0. The molecule has 0 bridgehead atoms. The zero-order valence-electron chi connectivity index (χ0n) is 4.15. The number of hydrogen-bond donors (Lipinski definition) is 1. The van der Waals surface area contributed by atoms with E-state index < -0.39 is 0 Å². The van der Waals surface area contributed by atoms with E-state index in [1.54, 1.807) is 6.92 Å². The van der Waals surface area contributed by atoms with Crippen LogP contribution >= 0.6 is 0 Å². The largest absolute Gasteiger partial charge is 1.00 e. The van der Waals surface area contributed by atoms with Crippen LogP contribution < -0.4 is 51.4 Å². The standard InChI is InChI=1S/C2H6O.K.H/c1-2-3;;/h3H,2H2,1H3;;/q;+1;-1. The van der Waals surface area contributed by atoms with Crippen LogP contribution in [0.1, 0.15) is 8.35 Å². The van der Waals surface area contributed by atoms with Crippen LogP contribution in [-0.2, 0) is 0 Å². The summed E-state index contributed by atoms with van der Waals surface area (Å²) in [5.41, 5.74) is 0. The van der Waals surface area contributed by atoms with Crippen molar-refractivity contribution in [3.8, 4) is 0 Å². The fourth-order valence-corrected chi connectivity index (χ4v) is 0. The third-order valence-corrected chi connectivity index (χ3v) is 0. The molecular formula is C2H7KO. The second-order valence-corrected chi connectivity index (χ2v) is 0.316. The zero-order valence-corrected chi connectivity index (χ0v) is 6.28. The van der Waals surface area contributed by atoms with Gasteiger partial charge < -0.3 is 6.53 Å². The number of aliphatic hydroxyl groups is 1. The SMILES string of the molecule is CCO.[H-].[K+]. The van der Waals surface area contributed by atoms with Gasteiger partial charge in [-0.15, -0.1) is 0 Å². The third kappa shape index (κ3) is 9.51. The molecule has 22 valence electrons. The van der Waals surface area contributed by atoms with E-state index in [0.717, 1.165) is 0 Å². The van der Waals surface area contributed by atoms with E-state index in [4.69, 9.17) is 5.11 Å². The summed E-state index contributed by atoms with van der Waals surface area (Å²) in [5, 5.41) is 7.57. The van der Waals surface area contributed by atoms with Gasteiger partial charge in [-0.05, 0) is 6.92 Å². The maximum absolute atomic E-state index is 7.57. The second kappa shape index (κ2) is 8.82. The number of hydrogen-bond acceptors (Lipinski definition) is 1. The van der Waals surface area contributed by atoms with Gasteiger partial charge in [0.15, 0.2) is 0 Å². The molecule has 0 amide bonds. The van der Waals surface area contributed by atoms with Gasteiger partial charge in [0, 0.05) is 6.61 Å². The Kier molecular flexibility index (Phi) is 20.2. The van der Waals surface area contributed by atoms with Crippen LogP contribution in [0.3, 0.4) is 0 Å². The predicted molar refractivity (Wildman–Crippen MR) is 13.9 cm³/mol. The van der Waals surface area contributed by atoms with Gasteiger partial charge in [0.05, 0.1) is 0 Å². The van der Waals surface area contributed by atoms with E-state index in [2.05, 4.69) is 0 Å². The van der Waals surface area contributed by atoms with E-state index >= 15 is 0 Å². The van der Waals surface area contributed by atoms with Crippen LogP contribution in [0.5, 0.6) is 0 Å². The van der Waals surface area contributed by atoms with E-state index in [-0.39, 0.29) is 59.4 Å². The molecule has 1 nitrogen and oxygen atoms in total. The molecule has 0 aliphatic rings. The average Bonchev–Trinajstić information content (AvgIpc) is 0.918. The molecule has 0 radical (unpaired) electrons. The molecule has 0 heterocycles. The number of rotatable bonds is 0. The van der Waals surface area contributed by atoms with Gasteiger partial charge in [-0.1, -0.05) is 0 Å². The van der Waals surface area contributed by atoms with Gasteiger partial charge in [-0.2, -0.15) is 0 Å². The van der Waals surface area contributed by atoms with Crippen molar-refractivity contribution >= 4 is 0 Å². The summed E-state index contributed by atoms with van der Waals surface area (Å²) >= 11 is 0. The summed E-state index contributed by atoms with van der Waals surface area (Å²) in [6.07, 6.45) is 0. The quantitative estimate of drug-likeness (QED) is 0.314. The van der Waals surface area contributed by atoms with Crippen molar-refractivity contribution in [3.63, 3.8) is 0 Å². The molecule has 0 rings (SSSR count). The van der Waals surface area contributed by atoms with E-state index in [9.17, 15) is 0 Å². The number of aliphatic hydroxyl groups excluding tert-OH is 1. The molecule has 0 atom stereocenters. The maximum atomic E-state index is 7.57. The Hall–Kier alpha value is 1.60. The van der Waals surface area contributed by atoms with Crippen LogP contribution in [0.25, 0.3) is 0 Å². The van der Waals surface area contributed by atoms with Crippen LogP contribution in [0.2, 0.25) is 0 Å². The van der Waals surface area contributed by atoms with Gasteiger partial charge in [0.2, 0.25) is 0 Å². The molecule has 0 saturated carbocycles. The van der Waals surface area contributed by atoms with Crippen LogP contribution in [-0.4, -0.2) is 11.7 Å². The molecule has 2 heteroatoms. The monoisotopic (exact) mass is 86.0 g/mol. The first-order valence-electron chi connectivity index (χ1n) is 1.02. The van der Waals surface area contributed by atoms with Crippen molar-refractivity contribution in [1.82, 2.24) is 0 Å². The third-order valence-electron chi connectivity index (χ3n) is 0. The topological polar surface area (TPSA) is 20.2 Å². The molecule has 0 saturated heterocycles. The molecule has 0 aliphatic carbocycles. The first-order valence-corrected chi connectivity index (χ1v) is 1.02. The minimum absolute atomic E-state index is 0. The van der Waals surface area contributed by atoms with E-state index in [1.165, 1.54) is 0 Å².